The molecular weight excluding hydrogens is 166 g/mol. The Morgan fingerprint density at radius 2 is 2.23 bits per heavy atom. The molecule has 0 saturated heterocycles. The van der Waals surface area contributed by atoms with Gasteiger partial charge in [0.1, 0.15) is 5.82 Å². The van der Waals surface area contributed by atoms with Crippen molar-refractivity contribution in [3.63, 3.8) is 0 Å². The molecule has 0 N–H and O–H groups in total. The first-order valence-corrected chi connectivity index (χ1v) is 4.16. The quantitative estimate of drug-likeness (QED) is 0.652. The molecule has 0 unspecified atom stereocenters. The molecule has 0 bridgehead atoms. The van der Waals surface area contributed by atoms with Gasteiger partial charge in [-0.1, -0.05) is 0 Å². The summed E-state index contributed by atoms with van der Waals surface area (Å²) in [7, 11) is 1.93. The maximum Gasteiger partial charge on any atom is 0.194 e. The van der Waals surface area contributed by atoms with Gasteiger partial charge in [-0.3, -0.25) is 4.79 Å². The van der Waals surface area contributed by atoms with E-state index in [2.05, 4.69) is 23.8 Å². The normalized spacial score (nSPS) is 10.2. The van der Waals surface area contributed by atoms with Gasteiger partial charge >= 0.3 is 0 Å². The van der Waals surface area contributed by atoms with Crippen LogP contribution in [-0.4, -0.2) is 29.3 Å². The first kappa shape index (κ1) is 9.64. The van der Waals surface area contributed by atoms with Crippen molar-refractivity contribution in [3.05, 3.63) is 18.1 Å². The van der Waals surface area contributed by atoms with Crippen LogP contribution in [0.3, 0.4) is 0 Å². The minimum absolute atomic E-state index is 0.227. The van der Waals surface area contributed by atoms with E-state index in [1.165, 1.54) is 0 Å². The lowest BCUT2D eigenvalue weighted by Crippen LogP contribution is -2.26. The highest BCUT2D eigenvalue weighted by molar-refractivity contribution is 5.69. The van der Waals surface area contributed by atoms with Crippen LogP contribution in [-0.2, 0) is 0 Å². The summed E-state index contributed by atoms with van der Waals surface area (Å²) in [4.78, 5) is 20.2. The second-order valence-corrected chi connectivity index (χ2v) is 3.10. The fourth-order valence-electron chi connectivity index (χ4n) is 0.882. The summed E-state index contributed by atoms with van der Waals surface area (Å²) in [6.07, 6.45) is 2.24. The number of aldehydes is 1. The lowest BCUT2D eigenvalue weighted by atomic mass is 10.3. The molecule has 0 aliphatic heterocycles. The van der Waals surface area contributed by atoms with Gasteiger partial charge in [0.15, 0.2) is 12.1 Å². The molecule has 4 nitrogen and oxygen atoms in total. The fraction of sp³-hybridized carbons (Fsp3) is 0.444. The Bertz CT molecular complexity index is 299. The fourth-order valence-corrected chi connectivity index (χ4v) is 0.882. The first-order valence-electron chi connectivity index (χ1n) is 4.16. The van der Waals surface area contributed by atoms with E-state index >= 15 is 0 Å². The summed E-state index contributed by atoms with van der Waals surface area (Å²) in [5.41, 5.74) is 0. The molecular formula is C9H13N3O. The van der Waals surface area contributed by atoms with E-state index < -0.39 is 0 Å². The molecule has 0 aliphatic carbocycles. The van der Waals surface area contributed by atoms with Crippen LogP contribution in [0.15, 0.2) is 12.3 Å². The van der Waals surface area contributed by atoms with Crippen molar-refractivity contribution in [2.45, 2.75) is 19.9 Å². The van der Waals surface area contributed by atoms with E-state index in [1.54, 1.807) is 12.3 Å². The summed E-state index contributed by atoms with van der Waals surface area (Å²) in [5, 5.41) is 0. The van der Waals surface area contributed by atoms with E-state index in [1.807, 2.05) is 11.9 Å². The van der Waals surface area contributed by atoms with E-state index in [4.69, 9.17) is 0 Å². The highest BCUT2D eigenvalue weighted by atomic mass is 16.1. The monoisotopic (exact) mass is 179 g/mol. The van der Waals surface area contributed by atoms with Crippen LogP contribution in [0.4, 0.5) is 5.82 Å². The van der Waals surface area contributed by atoms with Gasteiger partial charge < -0.3 is 4.90 Å². The standard InChI is InChI=1S/C9H13N3O/c1-7(2)12(3)9-4-5-10-8(6-13)11-9/h4-7H,1-3H3. The van der Waals surface area contributed by atoms with E-state index in [0.29, 0.717) is 12.3 Å². The first-order chi connectivity index (χ1) is 6.15. The van der Waals surface area contributed by atoms with Crippen molar-refractivity contribution < 1.29 is 4.79 Å². The Morgan fingerprint density at radius 1 is 1.54 bits per heavy atom. The van der Waals surface area contributed by atoms with Gasteiger partial charge in [-0.2, -0.15) is 0 Å². The highest BCUT2D eigenvalue weighted by Gasteiger charge is 2.06. The molecule has 0 fully saturated rings. The van der Waals surface area contributed by atoms with Crippen LogP contribution in [0.1, 0.15) is 24.5 Å². The van der Waals surface area contributed by atoms with Gasteiger partial charge in [0.25, 0.3) is 0 Å². The predicted octanol–water partition coefficient (Wildman–Crippen LogP) is 1.13. The largest absolute Gasteiger partial charge is 0.357 e. The average Bonchev–Trinajstić information content (AvgIpc) is 2.16. The van der Waals surface area contributed by atoms with Crippen molar-refractivity contribution in [1.82, 2.24) is 9.97 Å². The van der Waals surface area contributed by atoms with Crippen LogP contribution in [0, 0.1) is 0 Å². The minimum atomic E-state index is 0.227. The molecule has 0 atom stereocenters. The number of nitrogens with zero attached hydrogens (tertiary/aromatic N) is 3. The van der Waals surface area contributed by atoms with E-state index in [9.17, 15) is 4.79 Å². The molecule has 1 rings (SSSR count). The molecule has 0 saturated carbocycles. The van der Waals surface area contributed by atoms with Gasteiger partial charge in [0.05, 0.1) is 0 Å². The average molecular weight is 179 g/mol. The Hall–Kier alpha value is -1.45. The van der Waals surface area contributed by atoms with Crippen LogP contribution >= 0.6 is 0 Å². The highest BCUT2D eigenvalue weighted by Crippen LogP contribution is 2.09. The molecule has 0 spiro atoms. The summed E-state index contributed by atoms with van der Waals surface area (Å²) in [6, 6.07) is 2.14. The van der Waals surface area contributed by atoms with Crippen molar-refractivity contribution in [3.8, 4) is 0 Å². The Balaban J connectivity index is 2.94. The summed E-state index contributed by atoms with van der Waals surface area (Å²) in [5.74, 6) is 0.997. The Labute approximate surface area is 77.6 Å². The number of rotatable bonds is 3. The zero-order chi connectivity index (χ0) is 9.84. The second kappa shape index (κ2) is 3.98. The summed E-state index contributed by atoms with van der Waals surface area (Å²) < 4.78 is 0. The molecule has 0 aromatic carbocycles. The molecule has 4 heteroatoms. The second-order valence-electron chi connectivity index (χ2n) is 3.10. The number of hydrogen-bond acceptors (Lipinski definition) is 4. The zero-order valence-corrected chi connectivity index (χ0v) is 8.06. The van der Waals surface area contributed by atoms with Crippen molar-refractivity contribution in [2.75, 3.05) is 11.9 Å². The predicted molar refractivity (Wildman–Crippen MR) is 51.0 cm³/mol. The van der Waals surface area contributed by atoms with Crippen LogP contribution in [0.5, 0.6) is 0 Å². The molecule has 0 radical (unpaired) electrons. The van der Waals surface area contributed by atoms with Crippen LogP contribution < -0.4 is 4.90 Å². The van der Waals surface area contributed by atoms with Crippen LogP contribution in [0.25, 0.3) is 0 Å². The molecule has 70 valence electrons. The number of carbonyl (C=O) groups is 1. The van der Waals surface area contributed by atoms with E-state index in [0.717, 1.165) is 5.82 Å². The number of carbonyl (C=O) groups excluding carboxylic acids is 1. The number of aromatic nitrogens is 2. The van der Waals surface area contributed by atoms with Crippen LogP contribution in [0.2, 0.25) is 0 Å². The third-order valence-corrected chi connectivity index (χ3v) is 1.90. The zero-order valence-electron chi connectivity index (χ0n) is 8.06. The van der Waals surface area contributed by atoms with Gasteiger partial charge in [-0.15, -0.1) is 0 Å². The van der Waals surface area contributed by atoms with Crippen molar-refractivity contribution in [1.29, 1.82) is 0 Å². The minimum Gasteiger partial charge on any atom is -0.357 e. The molecule has 0 aliphatic rings. The summed E-state index contributed by atoms with van der Waals surface area (Å²) in [6.45, 7) is 4.12. The third kappa shape index (κ3) is 2.24. The third-order valence-electron chi connectivity index (χ3n) is 1.90. The molecule has 13 heavy (non-hydrogen) atoms. The molecule has 1 aromatic heterocycles. The number of hydrogen-bond donors (Lipinski definition) is 0. The lowest BCUT2D eigenvalue weighted by Gasteiger charge is -2.22. The molecule has 1 aromatic rings. The van der Waals surface area contributed by atoms with Crippen molar-refractivity contribution in [2.24, 2.45) is 0 Å². The maximum absolute atomic E-state index is 10.4. The smallest absolute Gasteiger partial charge is 0.194 e. The van der Waals surface area contributed by atoms with Crippen molar-refractivity contribution >= 4 is 12.1 Å². The lowest BCUT2D eigenvalue weighted by molar-refractivity contribution is 0.111. The Kier molecular flexibility index (Phi) is 2.95. The molecule has 1 heterocycles. The van der Waals surface area contributed by atoms with Gasteiger partial charge in [-0.05, 0) is 19.9 Å². The van der Waals surface area contributed by atoms with Gasteiger partial charge in [0.2, 0.25) is 0 Å². The van der Waals surface area contributed by atoms with Gasteiger partial charge in [-0.25, -0.2) is 9.97 Å². The molecule has 0 amide bonds. The number of anilines is 1. The maximum atomic E-state index is 10.4. The SMILES string of the molecule is CC(C)N(C)c1ccnc(C=O)n1. The van der Waals surface area contributed by atoms with Gasteiger partial charge in [0, 0.05) is 19.3 Å². The Morgan fingerprint density at radius 3 is 2.77 bits per heavy atom. The topological polar surface area (TPSA) is 46.1 Å². The van der Waals surface area contributed by atoms with E-state index in [-0.39, 0.29) is 5.82 Å². The summed E-state index contributed by atoms with van der Waals surface area (Å²) >= 11 is 0.